The number of fused-ring (bicyclic) bond motifs is 1. The molecule has 1 N–H and O–H groups in total. The van der Waals surface area contributed by atoms with Gasteiger partial charge in [-0.15, -0.1) is 11.3 Å². The van der Waals surface area contributed by atoms with Crippen LogP contribution in [-0.2, 0) is 19.0 Å². The van der Waals surface area contributed by atoms with E-state index < -0.39 is 35.1 Å². The molecule has 42 heavy (non-hydrogen) atoms. The molecule has 4 rings (SSSR count). The minimum atomic E-state index is -1.65. The van der Waals surface area contributed by atoms with E-state index in [1.807, 2.05) is 19.2 Å². The van der Waals surface area contributed by atoms with Crippen LogP contribution in [0.5, 0.6) is 5.88 Å². The first kappa shape index (κ1) is 31.1. The topological polar surface area (TPSA) is 142 Å². The molecule has 1 amide bonds. The molecule has 1 fully saturated rings. The monoisotopic (exact) mass is 599 g/mol. The molecule has 0 saturated carbocycles. The van der Waals surface area contributed by atoms with E-state index in [1.54, 1.807) is 65.8 Å². The lowest BCUT2D eigenvalue weighted by Crippen LogP contribution is -2.54. The number of carbonyl (C=O) groups is 3. The average Bonchev–Trinajstić information content (AvgIpc) is 3.52. The van der Waals surface area contributed by atoms with Gasteiger partial charge in [0.15, 0.2) is 5.82 Å². The maximum Gasteiger partial charge on any atom is 0.516 e. The summed E-state index contributed by atoms with van der Waals surface area (Å²) in [5.41, 5.74) is -2.22. The van der Waals surface area contributed by atoms with Crippen LogP contribution >= 0.6 is 11.3 Å². The highest BCUT2D eigenvalue weighted by Gasteiger charge is 2.48. The fourth-order valence-corrected chi connectivity index (χ4v) is 4.95. The van der Waals surface area contributed by atoms with Gasteiger partial charge >= 0.3 is 18.2 Å². The first-order valence-electron chi connectivity index (χ1n) is 13.7. The van der Waals surface area contributed by atoms with Gasteiger partial charge in [0.1, 0.15) is 27.4 Å². The third-order valence-corrected chi connectivity index (χ3v) is 6.76. The van der Waals surface area contributed by atoms with Crippen LogP contribution in [0, 0.1) is 0 Å². The van der Waals surface area contributed by atoms with Crippen molar-refractivity contribution in [1.29, 1.82) is 0 Å². The van der Waals surface area contributed by atoms with Crippen molar-refractivity contribution in [2.24, 2.45) is 0 Å². The number of ether oxygens (including phenoxy) is 4. The van der Waals surface area contributed by atoms with E-state index in [9.17, 15) is 14.4 Å². The van der Waals surface area contributed by atoms with Gasteiger partial charge in [0.2, 0.25) is 5.88 Å². The Balaban J connectivity index is 1.69. The zero-order chi connectivity index (χ0) is 30.9. The highest BCUT2D eigenvalue weighted by Crippen LogP contribution is 2.35. The van der Waals surface area contributed by atoms with Crippen LogP contribution in [0.15, 0.2) is 29.6 Å². The van der Waals surface area contributed by atoms with Crippen molar-refractivity contribution >= 4 is 45.6 Å². The third-order valence-electron chi connectivity index (χ3n) is 5.87. The third kappa shape index (κ3) is 7.32. The van der Waals surface area contributed by atoms with Gasteiger partial charge in [-0.25, -0.2) is 24.4 Å². The number of anilines is 1. The summed E-state index contributed by atoms with van der Waals surface area (Å²) in [6, 6.07) is 6.73. The first-order valence-corrected chi connectivity index (χ1v) is 14.6. The number of amides is 1. The molecule has 12 nitrogen and oxygen atoms in total. The normalized spacial score (nSPS) is 17.3. The summed E-state index contributed by atoms with van der Waals surface area (Å²) in [6.07, 6.45) is -0.796. The van der Waals surface area contributed by atoms with Crippen LogP contribution in [0.2, 0.25) is 0 Å². The van der Waals surface area contributed by atoms with E-state index in [0.29, 0.717) is 34.7 Å². The number of nitrogens with zero attached hydrogens (tertiary/aromatic N) is 4. The lowest BCUT2D eigenvalue weighted by Gasteiger charge is -2.29. The second-order valence-corrected chi connectivity index (χ2v) is 13.0. The van der Waals surface area contributed by atoms with Crippen molar-refractivity contribution in [2.75, 3.05) is 11.4 Å². The highest BCUT2D eigenvalue weighted by atomic mass is 32.1. The summed E-state index contributed by atoms with van der Waals surface area (Å²) >= 11 is 1.34. The van der Waals surface area contributed by atoms with Crippen molar-refractivity contribution in [3.05, 3.63) is 29.6 Å². The minimum absolute atomic E-state index is 0.126. The molecule has 1 saturated heterocycles. The molecule has 1 aliphatic rings. The van der Waals surface area contributed by atoms with E-state index in [-0.39, 0.29) is 24.2 Å². The second kappa shape index (κ2) is 11.8. The zero-order valence-electron chi connectivity index (χ0n) is 25.1. The van der Waals surface area contributed by atoms with Crippen LogP contribution in [0.1, 0.15) is 68.2 Å². The predicted molar refractivity (Wildman–Crippen MR) is 157 cm³/mol. The lowest BCUT2D eigenvalue weighted by atomic mass is 10.1. The van der Waals surface area contributed by atoms with E-state index in [4.69, 9.17) is 18.9 Å². The van der Waals surface area contributed by atoms with Gasteiger partial charge in [0.25, 0.3) is 5.72 Å². The summed E-state index contributed by atoms with van der Waals surface area (Å²) < 4.78 is 22.6. The molecular weight excluding hydrogens is 562 g/mol. The lowest BCUT2D eigenvalue weighted by molar-refractivity contribution is -0.161. The Morgan fingerprint density at radius 2 is 1.71 bits per heavy atom. The van der Waals surface area contributed by atoms with Crippen LogP contribution in [0.4, 0.5) is 15.4 Å². The summed E-state index contributed by atoms with van der Waals surface area (Å²) in [5.74, 6) is -0.216. The molecule has 0 spiro atoms. The van der Waals surface area contributed by atoms with E-state index in [0.717, 1.165) is 0 Å². The van der Waals surface area contributed by atoms with Crippen molar-refractivity contribution < 1.29 is 33.3 Å². The number of nitrogens with one attached hydrogen (secondary N) is 1. The number of rotatable bonds is 6. The Kier molecular flexibility index (Phi) is 8.74. The fourth-order valence-electron chi connectivity index (χ4n) is 4.20. The van der Waals surface area contributed by atoms with Gasteiger partial charge in [0.05, 0.1) is 5.52 Å². The van der Waals surface area contributed by atoms with Gasteiger partial charge in [-0.3, -0.25) is 10.2 Å². The summed E-state index contributed by atoms with van der Waals surface area (Å²) in [5, 5.41) is 4.87. The number of thiophene rings is 1. The maximum absolute atomic E-state index is 13.2. The quantitative estimate of drug-likeness (QED) is 0.270. The van der Waals surface area contributed by atoms with Gasteiger partial charge in [-0.1, -0.05) is 6.07 Å². The summed E-state index contributed by atoms with van der Waals surface area (Å²) in [4.78, 5) is 54.0. The molecule has 1 atom stereocenters. The van der Waals surface area contributed by atoms with Gasteiger partial charge in [0, 0.05) is 12.5 Å². The molecule has 3 aromatic heterocycles. The SMILES string of the molecule is CC(C)N(C(=O)OC(C)(C)C)c1cccc(-c2nc(O[C@@]3(C(=O)OC(=O)OC(C)(C)C)CCCN3)c3sccc3n2)n1. The van der Waals surface area contributed by atoms with E-state index in [2.05, 4.69) is 20.3 Å². The number of esters is 1. The van der Waals surface area contributed by atoms with Crippen molar-refractivity contribution in [2.45, 2.75) is 91.2 Å². The Labute approximate surface area is 248 Å². The molecule has 0 radical (unpaired) electrons. The molecule has 4 heterocycles. The van der Waals surface area contributed by atoms with Crippen molar-refractivity contribution in [3.8, 4) is 17.4 Å². The van der Waals surface area contributed by atoms with Crippen molar-refractivity contribution in [3.63, 3.8) is 0 Å². The Morgan fingerprint density at radius 1 is 1.00 bits per heavy atom. The largest absolute Gasteiger partial charge is 0.516 e. The number of carbonyl (C=O) groups excluding carboxylic acids is 3. The molecule has 3 aromatic rings. The molecule has 0 bridgehead atoms. The molecule has 0 aromatic carbocycles. The van der Waals surface area contributed by atoms with Crippen LogP contribution in [0.25, 0.3) is 21.7 Å². The fraction of sp³-hybridized carbons (Fsp3) is 0.517. The average molecular weight is 600 g/mol. The standard InChI is InChI=1S/C29H37N5O7S/c1-17(2)34(25(36)40-27(3,4)5)20-12-9-11-19(31-20)22-32-18-13-16-42-21(18)23(33-22)39-29(14-10-15-30-29)24(35)38-26(37)41-28(6,7)8/h9,11-13,16-17,30H,10,14-15H2,1-8H3/t29-/m1/s1. The minimum Gasteiger partial charge on any atom is -0.443 e. The molecule has 0 aliphatic carbocycles. The van der Waals surface area contributed by atoms with Gasteiger partial charge in [-0.05, 0) is 91.9 Å². The molecule has 1 aliphatic heterocycles. The number of aromatic nitrogens is 3. The maximum atomic E-state index is 13.2. The second-order valence-electron chi connectivity index (χ2n) is 12.1. The first-order chi connectivity index (χ1) is 19.6. The van der Waals surface area contributed by atoms with Crippen LogP contribution in [0.3, 0.4) is 0 Å². The number of hydrogen-bond donors (Lipinski definition) is 1. The smallest absolute Gasteiger partial charge is 0.443 e. The Bertz CT molecular complexity index is 1470. The Morgan fingerprint density at radius 3 is 2.33 bits per heavy atom. The predicted octanol–water partition coefficient (Wildman–Crippen LogP) is 5.84. The van der Waals surface area contributed by atoms with Gasteiger partial charge in [-0.2, -0.15) is 4.98 Å². The van der Waals surface area contributed by atoms with E-state index >= 15 is 0 Å². The van der Waals surface area contributed by atoms with Crippen molar-refractivity contribution in [1.82, 2.24) is 20.3 Å². The van der Waals surface area contributed by atoms with Gasteiger partial charge < -0.3 is 18.9 Å². The highest BCUT2D eigenvalue weighted by molar-refractivity contribution is 7.17. The molecule has 0 unspecified atom stereocenters. The Hall–Kier alpha value is -3.84. The molecule has 13 heteroatoms. The van der Waals surface area contributed by atoms with Crippen LogP contribution in [-0.4, -0.2) is 62.7 Å². The summed E-state index contributed by atoms with van der Waals surface area (Å²) in [7, 11) is 0. The van der Waals surface area contributed by atoms with Crippen LogP contribution < -0.4 is 15.0 Å². The number of pyridine rings is 1. The molecular formula is C29H37N5O7S. The summed E-state index contributed by atoms with van der Waals surface area (Å²) in [6.45, 7) is 14.6. The van der Waals surface area contributed by atoms with E-state index in [1.165, 1.54) is 16.2 Å². The molecule has 226 valence electrons. The number of hydrogen-bond acceptors (Lipinski definition) is 12. The zero-order valence-corrected chi connectivity index (χ0v) is 26.0.